The molecule has 0 saturated heterocycles. The van der Waals surface area contributed by atoms with Crippen LogP contribution in [0.5, 0.6) is 0 Å². The summed E-state index contributed by atoms with van der Waals surface area (Å²) in [6.07, 6.45) is 0.374. The lowest BCUT2D eigenvalue weighted by Crippen LogP contribution is -2.47. The van der Waals surface area contributed by atoms with E-state index in [4.69, 9.17) is 5.11 Å². The van der Waals surface area contributed by atoms with Crippen molar-refractivity contribution in [3.8, 4) is 0 Å². The molecule has 0 aliphatic heterocycles. The van der Waals surface area contributed by atoms with Crippen molar-refractivity contribution < 1.29 is 14.7 Å². The molecule has 1 atom stereocenters. The first kappa shape index (κ1) is 15.7. The molecule has 0 bridgehead atoms. The molecule has 6 heteroatoms. The lowest BCUT2D eigenvalue weighted by molar-refractivity contribution is -0.139. The van der Waals surface area contributed by atoms with Crippen LogP contribution in [0.3, 0.4) is 0 Å². The third-order valence-corrected chi connectivity index (χ3v) is 2.62. The van der Waals surface area contributed by atoms with Gasteiger partial charge >= 0.3 is 12.0 Å². The summed E-state index contributed by atoms with van der Waals surface area (Å²) in [5, 5.41) is 13.8. The van der Waals surface area contributed by atoms with E-state index in [0.717, 1.165) is 19.6 Å². The number of amides is 2. The van der Waals surface area contributed by atoms with Crippen LogP contribution in [0, 0.1) is 0 Å². The van der Waals surface area contributed by atoms with E-state index in [1.54, 1.807) is 6.92 Å². The molecule has 17 heavy (non-hydrogen) atoms. The van der Waals surface area contributed by atoms with Crippen LogP contribution in [0.25, 0.3) is 0 Å². The number of aliphatic carboxylic acids is 1. The van der Waals surface area contributed by atoms with E-state index in [0.29, 0.717) is 13.0 Å². The van der Waals surface area contributed by atoms with Gasteiger partial charge in [0.15, 0.2) is 0 Å². The van der Waals surface area contributed by atoms with Crippen LogP contribution in [0.15, 0.2) is 0 Å². The van der Waals surface area contributed by atoms with Crippen molar-refractivity contribution >= 4 is 12.0 Å². The summed E-state index contributed by atoms with van der Waals surface area (Å²) in [7, 11) is 0. The number of nitrogens with zero attached hydrogens (tertiary/aromatic N) is 1. The third kappa shape index (κ3) is 6.78. The highest BCUT2D eigenvalue weighted by atomic mass is 16.4. The molecule has 0 unspecified atom stereocenters. The van der Waals surface area contributed by atoms with Gasteiger partial charge in [-0.15, -0.1) is 0 Å². The Morgan fingerprint density at radius 2 is 1.82 bits per heavy atom. The van der Waals surface area contributed by atoms with Gasteiger partial charge in [0.2, 0.25) is 0 Å². The van der Waals surface area contributed by atoms with Gasteiger partial charge < -0.3 is 20.6 Å². The lowest BCUT2D eigenvalue weighted by Gasteiger charge is -2.18. The fourth-order valence-corrected chi connectivity index (χ4v) is 1.42. The molecule has 0 rings (SSSR count). The van der Waals surface area contributed by atoms with E-state index in [9.17, 15) is 9.59 Å². The van der Waals surface area contributed by atoms with Crippen molar-refractivity contribution in [2.45, 2.75) is 33.2 Å². The Kier molecular flexibility index (Phi) is 8.13. The largest absolute Gasteiger partial charge is 0.480 e. The summed E-state index contributed by atoms with van der Waals surface area (Å²) in [4.78, 5) is 24.2. The summed E-state index contributed by atoms with van der Waals surface area (Å²) in [5.41, 5.74) is 0. The molecule has 0 aromatic heterocycles. The van der Waals surface area contributed by atoms with Crippen molar-refractivity contribution in [3.63, 3.8) is 0 Å². The number of hydrogen-bond acceptors (Lipinski definition) is 3. The smallest absolute Gasteiger partial charge is 0.326 e. The SMILES string of the molecule is CC[C@H](NC(=O)NCCN(CC)CC)C(=O)O. The highest BCUT2D eigenvalue weighted by Gasteiger charge is 2.16. The molecule has 0 fully saturated rings. The Labute approximate surface area is 102 Å². The van der Waals surface area contributed by atoms with Crippen LogP contribution in [0.2, 0.25) is 0 Å². The minimum Gasteiger partial charge on any atom is -0.480 e. The maximum absolute atomic E-state index is 11.4. The summed E-state index contributed by atoms with van der Waals surface area (Å²) < 4.78 is 0. The predicted molar refractivity (Wildman–Crippen MR) is 66.0 cm³/mol. The molecular weight excluding hydrogens is 222 g/mol. The Balaban J connectivity index is 3.83. The number of carbonyl (C=O) groups excluding carboxylic acids is 1. The second-order valence-electron chi connectivity index (χ2n) is 3.73. The lowest BCUT2D eigenvalue weighted by atomic mass is 10.2. The number of urea groups is 1. The van der Waals surface area contributed by atoms with E-state index in [2.05, 4.69) is 29.4 Å². The molecule has 0 spiro atoms. The Morgan fingerprint density at radius 1 is 1.24 bits per heavy atom. The number of nitrogens with one attached hydrogen (secondary N) is 2. The zero-order valence-corrected chi connectivity index (χ0v) is 10.8. The molecule has 0 heterocycles. The number of carbonyl (C=O) groups is 2. The zero-order valence-electron chi connectivity index (χ0n) is 10.8. The van der Waals surface area contributed by atoms with Gasteiger partial charge in [0.25, 0.3) is 0 Å². The van der Waals surface area contributed by atoms with Gasteiger partial charge in [-0.1, -0.05) is 20.8 Å². The van der Waals surface area contributed by atoms with Crippen LogP contribution in [-0.2, 0) is 4.79 Å². The molecule has 2 amide bonds. The van der Waals surface area contributed by atoms with Gasteiger partial charge in [-0.3, -0.25) is 0 Å². The van der Waals surface area contributed by atoms with Crippen molar-refractivity contribution in [2.75, 3.05) is 26.2 Å². The van der Waals surface area contributed by atoms with Crippen LogP contribution >= 0.6 is 0 Å². The van der Waals surface area contributed by atoms with E-state index < -0.39 is 18.0 Å². The van der Waals surface area contributed by atoms with Gasteiger partial charge in [0.1, 0.15) is 6.04 Å². The molecule has 0 aliphatic rings. The number of rotatable bonds is 8. The quantitative estimate of drug-likeness (QED) is 0.581. The average Bonchev–Trinajstić information content (AvgIpc) is 2.31. The molecule has 0 saturated carbocycles. The second kappa shape index (κ2) is 8.81. The van der Waals surface area contributed by atoms with Crippen LogP contribution in [0.1, 0.15) is 27.2 Å². The Bertz CT molecular complexity index is 242. The van der Waals surface area contributed by atoms with Crippen LogP contribution in [-0.4, -0.2) is 54.2 Å². The molecule has 0 aromatic carbocycles. The van der Waals surface area contributed by atoms with Crippen LogP contribution < -0.4 is 10.6 Å². The van der Waals surface area contributed by atoms with E-state index in [-0.39, 0.29) is 0 Å². The van der Waals surface area contributed by atoms with Crippen molar-refractivity contribution in [3.05, 3.63) is 0 Å². The number of carboxylic acid groups (broad SMARTS) is 1. The third-order valence-electron chi connectivity index (χ3n) is 2.62. The summed E-state index contributed by atoms with van der Waals surface area (Å²) in [6.45, 7) is 8.99. The second-order valence-corrected chi connectivity index (χ2v) is 3.73. The number of carboxylic acids is 1. The minimum atomic E-state index is -1.01. The zero-order chi connectivity index (χ0) is 13.3. The summed E-state index contributed by atoms with van der Waals surface area (Å²) in [6, 6.07) is -1.24. The molecule has 0 radical (unpaired) electrons. The topological polar surface area (TPSA) is 81.7 Å². The van der Waals surface area contributed by atoms with Gasteiger partial charge in [-0.2, -0.15) is 0 Å². The van der Waals surface area contributed by atoms with Gasteiger partial charge in [0.05, 0.1) is 0 Å². The van der Waals surface area contributed by atoms with E-state index in [1.807, 2.05) is 0 Å². The molecule has 6 nitrogen and oxygen atoms in total. The molecular formula is C11H23N3O3. The first-order valence-electron chi connectivity index (χ1n) is 6.04. The minimum absolute atomic E-state index is 0.374. The highest BCUT2D eigenvalue weighted by molar-refractivity contribution is 5.82. The molecule has 0 aromatic rings. The molecule has 3 N–H and O–H groups in total. The normalized spacial score (nSPS) is 12.2. The fourth-order valence-electron chi connectivity index (χ4n) is 1.42. The van der Waals surface area contributed by atoms with E-state index in [1.165, 1.54) is 0 Å². The molecule has 100 valence electrons. The summed E-state index contributed by atoms with van der Waals surface area (Å²) in [5.74, 6) is -1.01. The summed E-state index contributed by atoms with van der Waals surface area (Å²) >= 11 is 0. The predicted octanol–water partition coefficient (Wildman–Crippen LogP) is 0.491. The van der Waals surface area contributed by atoms with Gasteiger partial charge in [-0.05, 0) is 19.5 Å². The first-order chi connectivity index (χ1) is 8.04. The maximum atomic E-state index is 11.4. The van der Waals surface area contributed by atoms with Crippen molar-refractivity contribution in [1.29, 1.82) is 0 Å². The fraction of sp³-hybridized carbons (Fsp3) is 0.818. The Hall–Kier alpha value is -1.30. The average molecular weight is 245 g/mol. The van der Waals surface area contributed by atoms with E-state index >= 15 is 0 Å². The monoisotopic (exact) mass is 245 g/mol. The van der Waals surface area contributed by atoms with Gasteiger partial charge in [0, 0.05) is 13.1 Å². The van der Waals surface area contributed by atoms with Gasteiger partial charge in [-0.25, -0.2) is 9.59 Å². The highest BCUT2D eigenvalue weighted by Crippen LogP contribution is 1.90. The van der Waals surface area contributed by atoms with Crippen molar-refractivity contribution in [2.24, 2.45) is 0 Å². The number of likely N-dealkylation sites (N-methyl/N-ethyl adjacent to an activating group) is 1. The van der Waals surface area contributed by atoms with Crippen molar-refractivity contribution in [1.82, 2.24) is 15.5 Å². The van der Waals surface area contributed by atoms with Crippen LogP contribution in [0.4, 0.5) is 4.79 Å². The Morgan fingerprint density at radius 3 is 2.24 bits per heavy atom. The maximum Gasteiger partial charge on any atom is 0.326 e. The number of hydrogen-bond donors (Lipinski definition) is 3. The first-order valence-corrected chi connectivity index (χ1v) is 6.04. The standard InChI is InChI=1S/C11H23N3O3/c1-4-9(10(15)16)13-11(17)12-7-8-14(5-2)6-3/h9H,4-8H2,1-3H3,(H,15,16)(H2,12,13,17)/t9-/m0/s1. The molecule has 0 aliphatic carbocycles.